The van der Waals surface area contributed by atoms with Gasteiger partial charge in [0.15, 0.2) is 0 Å². The van der Waals surface area contributed by atoms with E-state index in [-0.39, 0.29) is 11.7 Å². The molecule has 2 rings (SSSR count). The van der Waals surface area contributed by atoms with Gasteiger partial charge in [-0.05, 0) is 46.5 Å². The van der Waals surface area contributed by atoms with Gasteiger partial charge in [0.1, 0.15) is 0 Å². The molecule has 0 N–H and O–H groups in total. The standard InChI is InChI=1S/C16H30O4/c1-15(2,3)18-20-16(12-8-5-9-13-16)19-17-14-10-6-4-7-11-14/h14H,4-13H2,1-3H3. The molecule has 0 aromatic carbocycles. The van der Waals surface area contributed by atoms with Crippen LogP contribution in [0.25, 0.3) is 0 Å². The molecule has 4 nitrogen and oxygen atoms in total. The molecule has 0 saturated heterocycles. The van der Waals surface area contributed by atoms with E-state index in [1.165, 1.54) is 25.7 Å². The van der Waals surface area contributed by atoms with E-state index < -0.39 is 5.79 Å². The second kappa shape index (κ2) is 7.21. The predicted octanol–water partition coefficient (Wildman–Crippen LogP) is 4.67. The summed E-state index contributed by atoms with van der Waals surface area (Å²) in [4.78, 5) is 22.6. The monoisotopic (exact) mass is 286 g/mol. The summed E-state index contributed by atoms with van der Waals surface area (Å²) < 4.78 is 0. The summed E-state index contributed by atoms with van der Waals surface area (Å²) in [5, 5.41) is 0. The molecule has 2 aliphatic rings. The average Bonchev–Trinajstić information content (AvgIpc) is 2.45. The van der Waals surface area contributed by atoms with Crippen LogP contribution in [-0.4, -0.2) is 17.5 Å². The summed E-state index contributed by atoms with van der Waals surface area (Å²) in [7, 11) is 0. The van der Waals surface area contributed by atoms with Crippen molar-refractivity contribution in [3.63, 3.8) is 0 Å². The summed E-state index contributed by atoms with van der Waals surface area (Å²) in [5.41, 5.74) is -0.335. The Labute approximate surface area is 123 Å². The molecule has 0 aliphatic heterocycles. The lowest BCUT2D eigenvalue weighted by Gasteiger charge is -2.37. The summed E-state index contributed by atoms with van der Waals surface area (Å²) in [6.45, 7) is 5.93. The van der Waals surface area contributed by atoms with Crippen molar-refractivity contribution in [3.05, 3.63) is 0 Å². The molecule has 0 bridgehead atoms. The smallest absolute Gasteiger partial charge is 0.230 e. The zero-order valence-corrected chi connectivity index (χ0v) is 13.3. The van der Waals surface area contributed by atoms with Crippen LogP contribution in [0.1, 0.15) is 85.0 Å². The second-order valence-electron chi connectivity index (χ2n) is 7.19. The lowest BCUT2D eigenvalue weighted by atomic mass is 9.94. The van der Waals surface area contributed by atoms with E-state index in [0.29, 0.717) is 0 Å². The van der Waals surface area contributed by atoms with Crippen molar-refractivity contribution in [1.29, 1.82) is 0 Å². The zero-order valence-electron chi connectivity index (χ0n) is 13.3. The van der Waals surface area contributed by atoms with Gasteiger partial charge in [-0.15, -0.1) is 0 Å². The van der Waals surface area contributed by atoms with E-state index in [1.54, 1.807) is 0 Å². The van der Waals surface area contributed by atoms with E-state index in [0.717, 1.165) is 38.5 Å². The van der Waals surface area contributed by atoms with Gasteiger partial charge in [-0.1, -0.05) is 25.7 Å². The fourth-order valence-corrected chi connectivity index (χ4v) is 2.79. The molecule has 118 valence electrons. The fourth-order valence-electron chi connectivity index (χ4n) is 2.79. The Morgan fingerprint density at radius 1 is 0.800 bits per heavy atom. The van der Waals surface area contributed by atoms with Gasteiger partial charge >= 0.3 is 0 Å². The highest BCUT2D eigenvalue weighted by Gasteiger charge is 2.39. The molecule has 4 heteroatoms. The molecule has 2 aliphatic carbocycles. The molecule has 0 amide bonds. The van der Waals surface area contributed by atoms with Crippen LogP contribution in [-0.2, 0) is 19.6 Å². The third-order valence-corrected chi connectivity index (χ3v) is 3.95. The molecule has 0 spiro atoms. The van der Waals surface area contributed by atoms with Gasteiger partial charge in [0, 0.05) is 12.8 Å². The Morgan fingerprint density at radius 3 is 2.00 bits per heavy atom. The Morgan fingerprint density at radius 2 is 1.40 bits per heavy atom. The average molecular weight is 286 g/mol. The maximum absolute atomic E-state index is 5.76. The molecule has 2 fully saturated rings. The van der Waals surface area contributed by atoms with Crippen LogP contribution in [0.15, 0.2) is 0 Å². The van der Waals surface area contributed by atoms with Crippen molar-refractivity contribution in [1.82, 2.24) is 0 Å². The molecule has 0 radical (unpaired) electrons. The van der Waals surface area contributed by atoms with Crippen LogP contribution in [0, 0.1) is 0 Å². The highest BCUT2D eigenvalue weighted by molar-refractivity contribution is 4.74. The maximum Gasteiger partial charge on any atom is 0.234 e. The van der Waals surface area contributed by atoms with Gasteiger partial charge in [0.25, 0.3) is 0 Å². The van der Waals surface area contributed by atoms with Crippen LogP contribution in [0.2, 0.25) is 0 Å². The minimum Gasteiger partial charge on any atom is -0.230 e. The van der Waals surface area contributed by atoms with Gasteiger partial charge in [-0.25, -0.2) is 9.78 Å². The van der Waals surface area contributed by atoms with E-state index in [9.17, 15) is 0 Å². The van der Waals surface area contributed by atoms with Crippen LogP contribution in [0.5, 0.6) is 0 Å². The molecule has 0 unspecified atom stereocenters. The largest absolute Gasteiger partial charge is 0.234 e. The zero-order chi connectivity index (χ0) is 14.5. The van der Waals surface area contributed by atoms with Crippen LogP contribution in [0.4, 0.5) is 0 Å². The van der Waals surface area contributed by atoms with E-state index in [4.69, 9.17) is 19.6 Å². The van der Waals surface area contributed by atoms with Crippen LogP contribution < -0.4 is 0 Å². The quantitative estimate of drug-likeness (QED) is 0.418. The normalized spacial score (nSPS) is 24.8. The molecule has 0 heterocycles. The minimum absolute atomic E-state index is 0.223. The summed E-state index contributed by atoms with van der Waals surface area (Å²) in [6, 6.07) is 0. The van der Waals surface area contributed by atoms with Crippen molar-refractivity contribution in [3.8, 4) is 0 Å². The van der Waals surface area contributed by atoms with Crippen LogP contribution >= 0.6 is 0 Å². The highest BCUT2D eigenvalue weighted by Crippen LogP contribution is 2.35. The summed E-state index contributed by atoms with van der Waals surface area (Å²) >= 11 is 0. The molecule has 0 aromatic heterocycles. The van der Waals surface area contributed by atoms with Gasteiger partial charge in [-0.2, -0.15) is 9.78 Å². The van der Waals surface area contributed by atoms with Crippen molar-refractivity contribution in [2.75, 3.05) is 0 Å². The molecule has 0 aromatic rings. The molecule has 2 saturated carbocycles. The van der Waals surface area contributed by atoms with E-state index >= 15 is 0 Å². The van der Waals surface area contributed by atoms with E-state index in [1.807, 2.05) is 20.8 Å². The Bertz CT molecular complexity index is 273. The van der Waals surface area contributed by atoms with Gasteiger partial charge in [0.2, 0.25) is 5.79 Å². The third kappa shape index (κ3) is 5.32. The Kier molecular flexibility index (Phi) is 5.84. The minimum atomic E-state index is -0.705. The van der Waals surface area contributed by atoms with Crippen molar-refractivity contribution in [2.45, 2.75) is 102 Å². The number of hydrogen-bond donors (Lipinski definition) is 0. The topological polar surface area (TPSA) is 36.9 Å². The first kappa shape index (κ1) is 16.2. The lowest BCUT2D eigenvalue weighted by Crippen LogP contribution is -2.41. The summed E-state index contributed by atoms with van der Waals surface area (Å²) in [5.74, 6) is -0.705. The number of rotatable bonds is 5. The predicted molar refractivity (Wildman–Crippen MR) is 76.8 cm³/mol. The lowest BCUT2D eigenvalue weighted by molar-refractivity contribution is -0.539. The van der Waals surface area contributed by atoms with Crippen molar-refractivity contribution < 1.29 is 19.6 Å². The first-order valence-electron chi connectivity index (χ1n) is 8.21. The second-order valence-corrected chi connectivity index (χ2v) is 7.19. The van der Waals surface area contributed by atoms with Crippen molar-refractivity contribution in [2.24, 2.45) is 0 Å². The van der Waals surface area contributed by atoms with Crippen molar-refractivity contribution >= 4 is 0 Å². The maximum atomic E-state index is 5.76. The third-order valence-electron chi connectivity index (χ3n) is 3.95. The molecule has 0 atom stereocenters. The Balaban J connectivity index is 1.85. The van der Waals surface area contributed by atoms with Gasteiger partial charge in [0.05, 0.1) is 11.7 Å². The Hall–Kier alpha value is -0.160. The first-order chi connectivity index (χ1) is 9.49. The van der Waals surface area contributed by atoms with E-state index in [2.05, 4.69) is 0 Å². The molecular formula is C16H30O4. The molecule has 20 heavy (non-hydrogen) atoms. The number of hydrogen-bond acceptors (Lipinski definition) is 4. The highest BCUT2D eigenvalue weighted by atomic mass is 17.3. The van der Waals surface area contributed by atoms with Gasteiger partial charge < -0.3 is 0 Å². The fraction of sp³-hybridized carbons (Fsp3) is 1.00. The molecular weight excluding hydrogens is 256 g/mol. The SMILES string of the molecule is CC(C)(C)OOC1(OOC2CCCCC2)CCCCC1. The van der Waals surface area contributed by atoms with Gasteiger partial charge in [-0.3, -0.25) is 0 Å². The first-order valence-corrected chi connectivity index (χ1v) is 8.21. The summed E-state index contributed by atoms with van der Waals surface area (Å²) in [6.07, 6.45) is 11.3. The van der Waals surface area contributed by atoms with Crippen LogP contribution in [0.3, 0.4) is 0 Å².